The molecule has 0 radical (unpaired) electrons. The van der Waals surface area contributed by atoms with Gasteiger partial charge < -0.3 is 14.8 Å². The number of nitrogens with one attached hydrogen (secondary N) is 3. The molecule has 3 N–H and O–H groups in total. The van der Waals surface area contributed by atoms with Crippen LogP contribution in [0.2, 0.25) is 0 Å². The van der Waals surface area contributed by atoms with Gasteiger partial charge in [-0.25, -0.2) is 0 Å². The number of esters is 1. The van der Waals surface area contributed by atoms with Crippen LogP contribution in [0.25, 0.3) is 0 Å². The van der Waals surface area contributed by atoms with E-state index in [-0.39, 0.29) is 19.3 Å². The Kier molecular flexibility index (Phi) is 8.85. The predicted molar refractivity (Wildman–Crippen MR) is 108 cm³/mol. The van der Waals surface area contributed by atoms with Crippen LogP contribution >= 0.6 is 0 Å². The van der Waals surface area contributed by atoms with Gasteiger partial charge in [-0.15, -0.1) is 0 Å². The number of hydrogen-bond donors (Lipinski definition) is 3. The summed E-state index contributed by atoms with van der Waals surface area (Å²) in [6, 6.07) is 15.1. The molecule has 0 aliphatic carbocycles. The van der Waals surface area contributed by atoms with E-state index >= 15 is 0 Å². The van der Waals surface area contributed by atoms with Gasteiger partial charge in [0.05, 0.1) is 7.11 Å². The van der Waals surface area contributed by atoms with Crippen molar-refractivity contribution in [3.05, 3.63) is 60.2 Å². The maximum Gasteiger partial charge on any atom is 0.306 e. The van der Waals surface area contributed by atoms with Crippen LogP contribution in [-0.4, -0.2) is 37.4 Å². The Labute approximate surface area is 173 Å². The Morgan fingerprint density at radius 2 is 1.53 bits per heavy atom. The monoisotopic (exact) mass is 413 g/mol. The third kappa shape index (κ3) is 8.01. The number of hydrazine groups is 1. The maximum absolute atomic E-state index is 11.8. The van der Waals surface area contributed by atoms with Gasteiger partial charge in [0, 0.05) is 24.1 Å². The molecule has 0 unspecified atom stereocenters. The van der Waals surface area contributed by atoms with E-state index in [1.165, 1.54) is 7.11 Å². The first-order valence-corrected chi connectivity index (χ1v) is 9.21. The van der Waals surface area contributed by atoms with Gasteiger partial charge in [-0.1, -0.05) is 18.2 Å². The third-order valence-corrected chi connectivity index (χ3v) is 3.87. The van der Waals surface area contributed by atoms with Crippen LogP contribution in [0.4, 0.5) is 5.69 Å². The largest absolute Gasteiger partial charge is 0.497 e. The molecule has 0 atom stereocenters. The van der Waals surface area contributed by atoms with Gasteiger partial charge in [0.25, 0.3) is 11.8 Å². The van der Waals surface area contributed by atoms with Gasteiger partial charge in [0.1, 0.15) is 5.75 Å². The molecule has 0 saturated carbocycles. The number of anilines is 1. The number of methoxy groups -OCH3 is 1. The van der Waals surface area contributed by atoms with E-state index in [1.807, 2.05) is 0 Å². The summed E-state index contributed by atoms with van der Waals surface area (Å²) in [4.78, 5) is 47.0. The zero-order chi connectivity index (χ0) is 21.8. The zero-order valence-corrected chi connectivity index (χ0v) is 16.5. The molecule has 9 nitrogen and oxygen atoms in total. The number of rotatable bonds is 9. The lowest BCUT2D eigenvalue weighted by molar-refractivity contribution is -0.147. The van der Waals surface area contributed by atoms with E-state index < -0.39 is 30.3 Å². The van der Waals surface area contributed by atoms with Crippen LogP contribution in [0.3, 0.4) is 0 Å². The molecular formula is C21H23N3O6. The number of benzene rings is 2. The lowest BCUT2D eigenvalue weighted by atomic mass is 10.2. The molecule has 0 aliphatic heterocycles. The van der Waals surface area contributed by atoms with Crippen molar-refractivity contribution in [1.29, 1.82) is 0 Å². The standard InChI is InChI=1S/C21H23N3O6/c1-29-17-12-10-16(11-13-17)22-19(26)14-30-20(27)9-5-8-18(25)23-24-21(28)15-6-3-2-4-7-15/h2-4,6-7,10-13H,5,8-9,14H2,1H3,(H,22,26)(H,23,25)(H,24,28). The quantitative estimate of drug-likeness (QED) is 0.426. The van der Waals surface area contributed by atoms with Crippen molar-refractivity contribution in [2.45, 2.75) is 19.3 Å². The number of hydrogen-bond acceptors (Lipinski definition) is 6. The van der Waals surface area contributed by atoms with E-state index in [4.69, 9.17) is 9.47 Å². The SMILES string of the molecule is COc1ccc(NC(=O)COC(=O)CCCC(=O)NNC(=O)c2ccccc2)cc1. The Morgan fingerprint density at radius 3 is 2.20 bits per heavy atom. The van der Waals surface area contributed by atoms with Crippen molar-refractivity contribution in [2.24, 2.45) is 0 Å². The Morgan fingerprint density at radius 1 is 0.833 bits per heavy atom. The lowest BCUT2D eigenvalue weighted by Gasteiger charge is -2.08. The van der Waals surface area contributed by atoms with E-state index in [0.717, 1.165) is 0 Å². The fourth-order valence-electron chi connectivity index (χ4n) is 2.33. The first-order valence-electron chi connectivity index (χ1n) is 9.21. The van der Waals surface area contributed by atoms with Crippen molar-refractivity contribution in [1.82, 2.24) is 10.9 Å². The van der Waals surface area contributed by atoms with Crippen molar-refractivity contribution in [2.75, 3.05) is 19.0 Å². The van der Waals surface area contributed by atoms with E-state index in [9.17, 15) is 19.2 Å². The molecule has 0 aromatic heterocycles. The summed E-state index contributed by atoms with van der Waals surface area (Å²) in [7, 11) is 1.54. The molecule has 2 aromatic rings. The molecule has 0 fully saturated rings. The molecule has 158 valence electrons. The Balaban J connectivity index is 1.58. The van der Waals surface area contributed by atoms with Gasteiger partial charge >= 0.3 is 5.97 Å². The average Bonchev–Trinajstić information content (AvgIpc) is 2.77. The van der Waals surface area contributed by atoms with Crippen LogP contribution in [0, 0.1) is 0 Å². The minimum Gasteiger partial charge on any atom is -0.497 e. The second-order valence-corrected chi connectivity index (χ2v) is 6.16. The Hall–Kier alpha value is -3.88. The second kappa shape index (κ2) is 11.8. The first kappa shape index (κ1) is 22.4. The normalized spacial score (nSPS) is 9.90. The highest BCUT2D eigenvalue weighted by molar-refractivity contribution is 5.95. The highest BCUT2D eigenvalue weighted by Crippen LogP contribution is 2.14. The molecule has 30 heavy (non-hydrogen) atoms. The smallest absolute Gasteiger partial charge is 0.306 e. The molecule has 0 spiro atoms. The van der Waals surface area contributed by atoms with Crippen LogP contribution in [-0.2, 0) is 19.1 Å². The molecule has 0 heterocycles. The zero-order valence-electron chi connectivity index (χ0n) is 16.5. The minimum atomic E-state index is -0.596. The van der Waals surface area contributed by atoms with Gasteiger partial charge in [-0.05, 0) is 42.8 Å². The minimum absolute atomic E-state index is 0.0161. The highest BCUT2D eigenvalue weighted by Gasteiger charge is 2.10. The molecule has 3 amide bonds. The number of carbonyl (C=O) groups is 4. The average molecular weight is 413 g/mol. The van der Waals surface area contributed by atoms with Crippen LogP contribution in [0.1, 0.15) is 29.6 Å². The first-order chi connectivity index (χ1) is 14.5. The van der Waals surface area contributed by atoms with Crippen molar-refractivity contribution >= 4 is 29.4 Å². The fraction of sp³-hybridized carbons (Fsp3) is 0.238. The molecule has 2 aromatic carbocycles. The summed E-state index contributed by atoms with van der Waals surface area (Å²) in [5.41, 5.74) is 5.53. The van der Waals surface area contributed by atoms with Crippen molar-refractivity contribution < 1.29 is 28.7 Å². The second-order valence-electron chi connectivity index (χ2n) is 6.16. The van der Waals surface area contributed by atoms with Gasteiger partial charge in [-0.2, -0.15) is 0 Å². The van der Waals surface area contributed by atoms with Crippen LogP contribution < -0.4 is 20.9 Å². The van der Waals surface area contributed by atoms with Crippen LogP contribution in [0.15, 0.2) is 54.6 Å². The van der Waals surface area contributed by atoms with Crippen LogP contribution in [0.5, 0.6) is 5.75 Å². The number of ether oxygens (including phenoxy) is 2. The van der Waals surface area contributed by atoms with Crippen molar-refractivity contribution in [3.63, 3.8) is 0 Å². The molecular weight excluding hydrogens is 390 g/mol. The highest BCUT2D eigenvalue weighted by atomic mass is 16.5. The summed E-state index contributed by atoms with van der Waals surface area (Å²) in [5, 5.41) is 2.59. The van der Waals surface area contributed by atoms with E-state index in [2.05, 4.69) is 16.2 Å². The number of carbonyl (C=O) groups excluding carboxylic acids is 4. The Bertz CT molecular complexity index is 868. The topological polar surface area (TPSA) is 123 Å². The summed E-state index contributed by atoms with van der Waals surface area (Å²) >= 11 is 0. The maximum atomic E-state index is 11.8. The molecule has 9 heteroatoms. The van der Waals surface area contributed by atoms with Gasteiger partial charge in [-0.3, -0.25) is 30.0 Å². The van der Waals surface area contributed by atoms with Gasteiger partial charge in [0.15, 0.2) is 6.61 Å². The van der Waals surface area contributed by atoms with Crippen molar-refractivity contribution in [3.8, 4) is 5.75 Å². The van der Waals surface area contributed by atoms with Gasteiger partial charge in [0.2, 0.25) is 5.91 Å². The predicted octanol–water partition coefficient (Wildman–Crippen LogP) is 1.81. The fourth-order valence-corrected chi connectivity index (χ4v) is 2.33. The third-order valence-electron chi connectivity index (χ3n) is 3.87. The molecule has 2 rings (SSSR count). The summed E-state index contributed by atoms with van der Waals surface area (Å²) in [6.45, 7) is -0.426. The molecule has 0 aliphatic rings. The van der Waals surface area contributed by atoms with E-state index in [1.54, 1.807) is 54.6 Å². The molecule has 0 saturated heterocycles. The number of amides is 3. The van der Waals surface area contributed by atoms with E-state index in [0.29, 0.717) is 17.0 Å². The summed E-state index contributed by atoms with van der Waals surface area (Å²) in [5.74, 6) is -1.30. The summed E-state index contributed by atoms with van der Waals surface area (Å²) < 4.78 is 9.91. The summed E-state index contributed by atoms with van der Waals surface area (Å²) in [6.07, 6.45) is 0.198. The molecule has 0 bridgehead atoms. The lowest BCUT2D eigenvalue weighted by Crippen LogP contribution is -2.41.